The summed E-state index contributed by atoms with van der Waals surface area (Å²) in [5, 5.41) is 13.6. The Morgan fingerprint density at radius 2 is 1.78 bits per heavy atom. The predicted molar refractivity (Wildman–Crippen MR) is 99.1 cm³/mol. The van der Waals surface area contributed by atoms with Crippen molar-refractivity contribution < 1.29 is 17.9 Å². The van der Waals surface area contributed by atoms with E-state index < -0.39 is 16.0 Å². The normalized spacial score (nSPS) is 11.4. The lowest BCUT2D eigenvalue weighted by molar-refractivity contribution is 0.0520. The van der Waals surface area contributed by atoms with Crippen LogP contribution in [0.25, 0.3) is 16.9 Å². The summed E-state index contributed by atoms with van der Waals surface area (Å²) in [5.74, 6) is -0.616. The minimum absolute atomic E-state index is 0.0368. The van der Waals surface area contributed by atoms with Gasteiger partial charge in [-0.05, 0) is 43.3 Å². The quantitative estimate of drug-likeness (QED) is 0.650. The van der Waals surface area contributed by atoms with E-state index in [1.807, 2.05) is 0 Å². The number of aromatic nitrogens is 3. The Hall–Kier alpha value is -2.75. The SMILES string of the molecule is CCOC(=O)c1nnn(-c2ccc(S(N)(=O)=O)cc2)c1-c1ccc(Cl)cc1. The maximum atomic E-state index is 12.3. The molecule has 3 rings (SSSR count). The fourth-order valence-corrected chi connectivity index (χ4v) is 3.08. The van der Waals surface area contributed by atoms with Gasteiger partial charge in [0, 0.05) is 10.6 Å². The second kappa shape index (κ2) is 7.47. The van der Waals surface area contributed by atoms with Crippen molar-refractivity contribution in [3.05, 3.63) is 59.2 Å². The Kier molecular flexibility index (Phi) is 5.26. The zero-order valence-corrected chi connectivity index (χ0v) is 15.7. The first-order chi connectivity index (χ1) is 12.8. The van der Waals surface area contributed by atoms with Gasteiger partial charge in [-0.2, -0.15) is 0 Å². The highest BCUT2D eigenvalue weighted by atomic mass is 35.5. The Labute approximate surface area is 160 Å². The number of esters is 1. The molecule has 0 fully saturated rings. The summed E-state index contributed by atoms with van der Waals surface area (Å²) in [6, 6.07) is 12.5. The number of ether oxygens (including phenoxy) is 1. The van der Waals surface area contributed by atoms with E-state index in [2.05, 4.69) is 10.3 Å². The van der Waals surface area contributed by atoms with E-state index in [4.69, 9.17) is 21.5 Å². The van der Waals surface area contributed by atoms with Crippen LogP contribution in [0.2, 0.25) is 5.02 Å². The van der Waals surface area contributed by atoms with Gasteiger partial charge >= 0.3 is 5.97 Å². The number of nitrogens with zero attached hydrogens (tertiary/aromatic N) is 3. The highest BCUT2D eigenvalue weighted by Crippen LogP contribution is 2.27. The lowest BCUT2D eigenvalue weighted by Crippen LogP contribution is -2.12. The van der Waals surface area contributed by atoms with Gasteiger partial charge in [0.05, 0.1) is 17.2 Å². The van der Waals surface area contributed by atoms with Gasteiger partial charge in [-0.25, -0.2) is 23.0 Å². The average molecular weight is 407 g/mol. The minimum Gasteiger partial charge on any atom is -0.461 e. The first-order valence-electron chi connectivity index (χ1n) is 7.83. The zero-order chi connectivity index (χ0) is 19.6. The maximum absolute atomic E-state index is 12.3. The number of benzene rings is 2. The fourth-order valence-electron chi connectivity index (χ4n) is 2.44. The van der Waals surface area contributed by atoms with Crippen molar-refractivity contribution in [1.29, 1.82) is 0 Å². The van der Waals surface area contributed by atoms with Crippen molar-refractivity contribution in [3.8, 4) is 16.9 Å². The summed E-state index contributed by atoms with van der Waals surface area (Å²) in [6.45, 7) is 1.88. The lowest BCUT2D eigenvalue weighted by atomic mass is 10.1. The molecule has 0 aliphatic heterocycles. The Balaban J connectivity index is 2.15. The molecule has 27 heavy (non-hydrogen) atoms. The standard InChI is InChI=1S/C17H15ClN4O4S/c1-2-26-17(23)15-16(11-3-5-12(18)6-4-11)22(21-20-15)13-7-9-14(10-8-13)27(19,24)25/h3-10H,2H2,1H3,(H2,19,24,25). The molecule has 140 valence electrons. The third-order valence-corrected chi connectivity index (χ3v) is 4.85. The summed E-state index contributed by atoms with van der Waals surface area (Å²) < 4.78 is 29.3. The van der Waals surface area contributed by atoms with Crippen LogP contribution in [-0.2, 0) is 14.8 Å². The van der Waals surface area contributed by atoms with Crippen LogP contribution in [0.15, 0.2) is 53.4 Å². The van der Waals surface area contributed by atoms with Gasteiger partial charge in [0.15, 0.2) is 5.69 Å². The molecule has 0 saturated heterocycles. The fraction of sp³-hybridized carbons (Fsp3) is 0.118. The summed E-state index contributed by atoms with van der Waals surface area (Å²) in [6.07, 6.45) is 0. The summed E-state index contributed by atoms with van der Waals surface area (Å²) >= 11 is 5.94. The smallest absolute Gasteiger partial charge is 0.361 e. The average Bonchev–Trinajstić information content (AvgIpc) is 3.07. The van der Waals surface area contributed by atoms with E-state index in [0.29, 0.717) is 22.0 Å². The first kappa shape index (κ1) is 19.0. The van der Waals surface area contributed by atoms with Gasteiger partial charge < -0.3 is 4.74 Å². The second-order valence-electron chi connectivity index (χ2n) is 5.46. The Morgan fingerprint density at radius 3 is 2.33 bits per heavy atom. The number of carbonyl (C=O) groups is 1. The Morgan fingerprint density at radius 1 is 1.15 bits per heavy atom. The first-order valence-corrected chi connectivity index (χ1v) is 9.75. The van der Waals surface area contributed by atoms with Crippen LogP contribution < -0.4 is 5.14 Å². The molecule has 0 aliphatic rings. The van der Waals surface area contributed by atoms with Crippen molar-refractivity contribution in [3.63, 3.8) is 0 Å². The van der Waals surface area contributed by atoms with Gasteiger partial charge in [-0.1, -0.05) is 28.9 Å². The lowest BCUT2D eigenvalue weighted by Gasteiger charge is -2.09. The van der Waals surface area contributed by atoms with E-state index in [1.54, 1.807) is 31.2 Å². The predicted octanol–water partition coefficient (Wildman–Crippen LogP) is 2.41. The monoisotopic (exact) mass is 406 g/mol. The molecule has 0 saturated carbocycles. The van der Waals surface area contributed by atoms with E-state index in [9.17, 15) is 13.2 Å². The molecule has 1 heterocycles. The highest BCUT2D eigenvalue weighted by Gasteiger charge is 2.23. The summed E-state index contributed by atoms with van der Waals surface area (Å²) in [4.78, 5) is 12.2. The number of rotatable bonds is 5. The van der Waals surface area contributed by atoms with E-state index in [1.165, 1.54) is 28.9 Å². The van der Waals surface area contributed by atoms with Gasteiger partial charge in [-0.15, -0.1) is 5.10 Å². The minimum atomic E-state index is -3.82. The van der Waals surface area contributed by atoms with E-state index in [0.717, 1.165) is 0 Å². The largest absolute Gasteiger partial charge is 0.461 e. The second-order valence-corrected chi connectivity index (χ2v) is 7.46. The molecule has 0 radical (unpaired) electrons. The molecule has 2 aromatic carbocycles. The van der Waals surface area contributed by atoms with E-state index >= 15 is 0 Å². The number of hydrogen-bond acceptors (Lipinski definition) is 6. The van der Waals surface area contributed by atoms with Crippen molar-refractivity contribution in [2.24, 2.45) is 5.14 Å². The van der Waals surface area contributed by atoms with Crippen LogP contribution in [0, 0.1) is 0 Å². The molecule has 8 nitrogen and oxygen atoms in total. The topological polar surface area (TPSA) is 117 Å². The molecule has 0 unspecified atom stereocenters. The number of nitrogens with two attached hydrogens (primary N) is 1. The highest BCUT2D eigenvalue weighted by molar-refractivity contribution is 7.89. The summed E-state index contributed by atoms with van der Waals surface area (Å²) in [5.41, 5.74) is 1.57. The van der Waals surface area contributed by atoms with E-state index in [-0.39, 0.29) is 17.2 Å². The summed E-state index contributed by atoms with van der Waals surface area (Å²) in [7, 11) is -3.82. The van der Waals surface area contributed by atoms with Crippen molar-refractivity contribution in [1.82, 2.24) is 15.0 Å². The third kappa shape index (κ3) is 4.00. The van der Waals surface area contributed by atoms with Crippen molar-refractivity contribution >= 4 is 27.6 Å². The van der Waals surface area contributed by atoms with Crippen LogP contribution in [-0.4, -0.2) is 36.0 Å². The molecule has 2 N–H and O–H groups in total. The van der Waals surface area contributed by atoms with Gasteiger partial charge in [0.2, 0.25) is 10.0 Å². The molecule has 1 aromatic heterocycles. The molecule has 0 bridgehead atoms. The molecule has 0 aliphatic carbocycles. The molecular formula is C17H15ClN4O4S. The maximum Gasteiger partial charge on any atom is 0.361 e. The van der Waals surface area contributed by atoms with Crippen LogP contribution >= 0.6 is 11.6 Å². The number of hydrogen-bond donors (Lipinski definition) is 1. The van der Waals surface area contributed by atoms with Crippen LogP contribution in [0.5, 0.6) is 0 Å². The van der Waals surface area contributed by atoms with Gasteiger partial charge in [-0.3, -0.25) is 0 Å². The third-order valence-electron chi connectivity index (χ3n) is 3.67. The molecule has 0 spiro atoms. The van der Waals surface area contributed by atoms with Crippen LogP contribution in [0.1, 0.15) is 17.4 Å². The number of halogens is 1. The molecule has 3 aromatic rings. The molecule has 0 atom stereocenters. The van der Waals surface area contributed by atoms with Gasteiger partial charge in [0.1, 0.15) is 5.69 Å². The Bertz CT molecular complexity index is 1080. The van der Waals surface area contributed by atoms with Crippen LogP contribution in [0.4, 0.5) is 0 Å². The number of primary sulfonamides is 1. The number of sulfonamides is 1. The van der Waals surface area contributed by atoms with Crippen molar-refractivity contribution in [2.75, 3.05) is 6.61 Å². The molecule has 10 heteroatoms. The molecular weight excluding hydrogens is 392 g/mol. The van der Waals surface area contributed by atoms with Gasteiger partial charge in [0.25, 0.3) is 0 Å². The number of carbonyl (C=O) groups excluding carboxylic acids is 1. The molecule has 0 amide bonds. The van der Waals surface area contributed by atoms with Crippen LogP contribution in [0.3, 0.4) is 0 Å². The zero-order valence-electron chi connectivity index (χ0n) is 14.2. The van der Waals surface area contributed by atoms with Crippen molar-refractivity contribution in [2.45, 2.75) is 11.8 Å².